The Bertz CT molecular complexity index is 1420. The van der Waals surface area contributed by atoms with E-state index in [1.165, 1.54) is 44.6 Å². The molecule has 0 unspecified atom stereocenters. The topological polar surface area (TPSA) is 3.24 Å². The third-order valence-electron chi connectivity index (χ3n) is 6.52. The molecule has 0 saturated carbocycles. The van der Waals surface area contributed by atoms with Gasteiger partial charge in [-0.2, -0.15) is 0 Å². The van der Waals surface area contributed by atoms with Crippen LogP contribution in [0.3, 0.4) is 0 Å². The van der Waals surface area contributed by atoms with E-state index in [1.807, 2.05) is 0 Å². The summed E-state index contributed by atoms with van der Waals surface area (Å²) in [5.74, 6) is 0. The van der Waals surface area contributed by atoms with E-state index >= 15 is 0 Å². The zero-order valence-electron chi connectivity index (χ0n) is 21.1. The molecule has 36 heavy (non-hydrogen) atoms. The second-order valence-corrected chi connectivity index (χ2v) is 9.34. The molecule has 0 aliphatic carbocycles. The highest BCUT2D eigenvalue weighted by Gasteiger charge is 2.15. The fraction of sp³-hybridized carbons (Fsp3) is 0.0857. The highest BCUT2D eigenvalue weighted by atomic mass is 15.1. The van der Waals surface area contributed by atoms with Crippen molar-refractivity contribution in [2.75, 3.05) is 4.90 Å². The maximum atomic E-state index is 2.34. The van der Waals surface area contributed by atoms with E-state index in [4.69, 9.17) is 0 Å². The molecule has 0 radical (unpaired) electrons. The number of anilines is 3. The van der Waals surface area contributed by atoms with Crippen molar-refractivity contribution in [2.45, 2.75) is 20.8 Å². The molecule has 5 rings (SSSR count). The van der Waals surface area contributed by atoms with Gasteiger partial charge in [-0.25, -0.2) is 0 Å². The van der Waals surface area contributed by atoms with Crippen LogP contribution in [-0.2, 0) is 0 Å². The summed E-state index contributed by atoms with van der Waals surface area (Å²) in [5, 5.41) is 0. The SMILES string of the molecule is Cc1ccc(N(c2ccc(C=C(c3ccccc3)c3ccccc3)cc2)c2ccc(C)cc2C)cc1. The van der Waals surface area contributed by atoms with Gasteiger partial charge in [0.1, 0.15) is 0 Å². The van der Waals surface area contributed by atoms with Crippen molar-refractivity contribution >= 4 is 28.7 Å². The maximum Gasteiger partial charge on any atom is 0.0490 e. The standard InChI is InChI=1S/C35H31N/c1-26-14-19-32(20-15-26)36(35-23-16-27(2)24-28(35)3)33-21-17-29(18-22-33)25-34(30-10-6-4-7-11-30)31-12-8-5-9-13-31/h4-25H,1-3H3. The quantitative estimate of drug-likeness (QED) is 0.226. The zero-order valence-corrected chi connectivity index (χ0v) is 21.1. The number of aryl methyl sites for hydroxylation is 3. The van der Waals surface area contributed by atoms with E-state index in [0.717, 1.165) is 11.4 Å². The van der Waals surface area contributed by atoms with Gasteiger partial charge in [-0.15, -0.1) is 0 Å². The third-order valence-corrected chi connectivity index (χ3v) is 6.52. The van der Waals surface area contributed by atoms with Gasteiger partial charge in [0.2, 0.25) is 0 Å². The fourth-order valence-corrected chi connectivity index (χ4v) is 4.63. The molecule has 0 atom stereocenters. The lowest BCUT2D eigenvalue weighted by Crippen LogP contribution is -2.11. The molecule has 5 aromatic rings. The van der Waals surface area contributed by atoms with E-state index in [-0.39, 0.29) is 0 Å². The molecule has 0 fully saturated rings. The fourth-order valence-electron chi connectivity index (χ4n) is 4.63. The minimum Gasteiger partial charge on any atom is -0.310 e. The van der Waals surface area contributed by atoms with E-state index in [0.29, 0.717) is 0 Å². The first-order valence-corrected chi connectivity index (χ1v) is 12.5. The van der Waals surface area contributed by atoms with Crippen molar-refractivity contribution in [2.24, 2.45) is 0 Å². The molecule has 176 valence electrons. The molecule has 1 heteroatoms. The monoisotopic (exact) mass is 465 g/mol. The minimum atomic E-state index is 1.14. The molecule has 0 heterocycles. The Hall–Kier alpha value is -4.36. The van der Waals surface area contributed by atoms with Crippen molar-refractivity contribution in [1.29, 1.82) is 0 Å². The third kappa shape index (κ3) is 5.16. The summed E-state index contributed by atoms with van der Waals surface area (Å²) in [6.45, 7) is 6.46. The number of benzene rings is 5. The van der Waals surface area contributed by atoms with Crippen molar-refractivity contribution in [3.63, 3.8) is 0 Å². The molecular formula is C35H31N. The Morgan fingerprint density at radius 1 is 0.528 bits per heavy atom. The minimum absolute atomic E-state index is 1.14. The van der Waals surface area contributed by atoms with Gasteiger partial charge in [0, 0.05) is 17.1 Å². The van der Waals surface area contributed by atoms with E-state index in [2.05, 4.69) is 159 Å². The first kappa shape index (κ1) is 23.4. The number of hydrogen-bond donors (Lipinski definition) is 0. The first-order chi connectivity index (χ1) is 17.6. The van der Waals surface area contributed by atoms with Crippen LogP contribution in [0.15, 0.2) is 127 Å². The lowest BCUT2D eigenvalue weighted by atomic mass is 9.95. The van der Waals surface area contributed by atoms with Gasteiger partial charge in [-0.05, 0) is 85.0 Å². The lowest BCUT2D eigenvalue weighted by molar-refractivity contribution is 1.23. The summed E-state index contributed by atoms with van der Waals surface area (Å²) < 4.78 is 0. The second-order valence-electron chi connectivity index (χ2n) is 9.34. The molecule has 5 aromatic carbocycles. The zero-order chi connectivity index (χ0) is 24.9. The van der Waals surface area contributed by atoms with Crippen LogP contribution in [0.25, 0.3) is 11.6 Å². The van der Waals surface area contributed by atoms with Gasteiger partial charge in [0.15, 0.2) is 0 Å². The Kier molecular flexibility index (Phi) is 6.82. The molecule has 0 aliphatic heterocycles. The normalized spacial score (nSPS) is 10.6. The van der Waals surface area contributed by atoms with E-state index < -0.39 is 0 Å². The number of nitrogens with zero attached hydrogens (tertiary/aromatic N) is 1. The molecule has 0 saturated heterocycles. The summed E-state index contributed by atoms with van der Waals surface area (Å²) >= 11 is 0. The summed E-state index contributed by atoms with van der Waals surface area (Å²) in [4.78, 5) is 2.34. The molecule has 1 nitrogen and oxygen atoms in total. The average molecular weight is 466 g/mol. The van der Waals surface area contributed by atoms with Crippen LogP contribution in [0.4, 0.5) is 17.1 Å². The van der Waals surface area contributed by atoms with Crippen LogP contribution in [0, 0.1) is 20.8 Å². The van der Waals surface area contributed by atoms with Crippen LogP contribution < -0.4 is 4.90 Å². The van der Waals surface area contributed by atoms with Crippen LogP contribution in [0.1, 0.15) is 33.4 Å². The largest absolute Gasteiger partial charge is 0.310 e. The number of hydrogen-bond acceptors (Lipinski definition) is 1. The molecule has 0 amide bonds. The summed E-state index contributed by atoms with van der Waals surface area (Å²) in [6, 6.07) is 45.5. The Labute approximate surface area is 215 Å². The van der Waals surface area contributed by atoms with Crippen LogP contribution >= 0.6 is 0 Å². The lowest BCUT2D eigenvalue weighted by Gasteiger charge is -2.27. The summed E-state index contributed by atoms with van der Waals surface area (Å²) in [6.07, 6.45) is 2.28. The van der Waals surface area contributed by atoms with Crippen molar-refractivity contribution in [3.05, 3.63) is 161 Å². The molecule has 0 aromatic heterocycles. The van der Waals surface area contributed by atoms with Gasteiger partial charge in [0.25, 0.3) is 0 Å². The molecule has 0 N–H and O–H groups in total. The predicted octanol–water partition coefficient (Wildman–Crippen LogP) is 9.67. The Morgan fingerprint density at radius 2 is 1.03 bits per heavy atom. The van der Waals surface area contributed by atoms with E-state index in [1.54, 1.807) is 0 Å². The Balaban J connectivity index is 1.57. The predicted molar refractivity (Wildman–Crippen MR) is 155 cm³/mol. The average Bonchev–Trinajstić information content (AvgIpc) is 2.91. The van der Waals surface area contributed by atoms with Crippen molar-refractivity contribution < 1.29 is 0 Å². The summed E-state index contributed by atoms with van der Waals surface area (Å²) in [7, 11) is 0. The molecule has 0 bridgehead atoms. The molecular weight excluding hydrogens is 434 g/mol. The van der Waals surface area contributed by atoms with E-state index in [9.17, 15) is 0 Å². The van der Waals surface area contributed by atoms with Crippen molar-refractivity contribution in [1.82, 2.24) is 0 Å². The second kappa shape index (κ2) is 10.5. The highest BCUT2D eigenvalue weighted by Crippen LogP contribution is 2.37. The van der Waals surface area contributed by atoms with Gasteiger partial charge < -0.3 is 4.90 Å². The highest BCUT2D eigenvalue weighted by molar-refractivity contribution is 5.91. The first-order valence-electron chi connectivity index (χ1n) is 12.5. The van der Waals surface area contributed by atoms with Crippen LogP contribution in [0.2, 0.25) is 0 Å². The van der Waals surface area contributed by atoms with Gasteiger partial charge >= 0.3 is 0 Å². The summed E-state index contributed by atoms with van der Waals surface area (Å²) in [5.41, 5.74) is 12.1. The van der Waals surface area contributed by atoms with Gasteiger partial charge in [-0.1, -0.05) is 108 Å². The molecule has 0 aliphatic rings. The number of rotatable bonds is 6. The van der Waals surface area contributed by atoms with Gasteiger partial charge in [0.05, 0.1) is 0 Å². The Morgan fingerprint density at radius 3 is 1.56 bits per heavy atom. The van der Waals surface area contributed by atoms with Crippen LogP contribution in [-0.4, -0.2) is 0 Å². The molecule has 0 spiro atoms. The van der Waals surface area contributed by atoms with Crippen molar-refractivity contribution in [3.8, 4) is 0 Å². The van der Waals surface area contributed by atoms with Crippen LogP contribution in [0.5, 0.6) is 0 Å². The maximum absolute atomic E-state index is 2.34. The van der Waals surface area contributed by atoms with Gasteiger partial charge in [-0.3, -0.25) is 0 Å². The smallest absolute Gasteiger partial charge is 0.0490 e.